The Balaban J connectivity index is 0.000000140. The summed E-state index contributed by atoms with van der Waals surface area (Å²) in [7, 11) is -4.48. The van der Waals surface area contributed by atoms with Crippen LogP contribution >= 0.6 is 0 Å². The highest BCUT2D eigenvalue weighted by Gasteiger charge is 2.06. The van der Waals surface area contributed by atoms with Crippen molar-refractivity contribution >= 4 is 38.1 Å². The lowest BCUT2D eigenvalue weighted by Gasteiger charge is -1.99. The number of nitrogens with two attached hydrogens (primary N) is 1. The average molecular weight is 331 g/mol. The molecule has 9 heteroatoms. The molecule has 0 aliphatic rings. The van der Waals surface area contributed by atoms with Crippen molar-refractivity contribution in [2.45, 2.75) is 5.16 Å². The first kappa shape index (κ1) is 15.0. The van der Waals surface area contributed by atoms with Crippen LogP contribution in [0.1, 0.15) is 0 Å². The van der Waals surface area contributed by atoms with Gasteiger partial charge in [-0.2, -0.15) is 0 Å². The maximum Gasteiger partial charge on any atom is 0.351 e. The van der Waals surface area contributed by atoms with Gasteiger partial charge in [0.25, 0.3) is 0 Å². The third-order valence-electron chi connectivity index (χ3n) is 3.07. The molecule has 0 fully saturated rings. The van der Waals surface area contributed by atoms with E-state index in [1.165, 1.54) is 0 Å². The number of aromatic nitrogens is 4. The van der Waals surface area contributed by atoms with Crippen LogP contribution in [0.4, 0.5) is 5.95 Å². The van der Waals surface area contributed by atoms with Gasteiger partial charge in [-0.05, 0) is 24.3 Å². The zero-order valence-corrected chi connectivity index (χ0v) is 12.6. The Morgan fingerprint density at radius 1 is 1.00 bits per heavy atom. The Morgan fingerprint density at radius 3 is 2.30 bits per heavy atom. The molecule has 0 saturated heterocycles. The highest BCUT2D eigenvalue weighted by Crippen LogP contribution is 2.12. The third-order valence-corrected chi connectivity index (χ3v) is 3.74. The van der Waals surface area contributed by atoms with Gasteiger partial charge in [0.05, 0.1) is 11.0 Å². The number of fused-ring (bicyclic) bond motifs is 2. The van der Waals surface area contributed by atoms with Crippen LogP contribution in [0.5, 0.6) is 0 Å². The Labute approximate surface area is 131 Å². The maximum atomic E-state index is 10.6. The van der Waals surface area contributed by atoms with E-state index >= 15 is 0 Å². The van der Waals surface area contributed by atoms with Gasteiger partial charge in [0.15, 0.2) is 10.1 Å². The van der Waals surface area contributed by atoms with Gasteiger partial charge in [-0.3, -0.25) is 5.73 Å². The van der Waals surface area contributed by atoms with E-state index in [4.69, 9.17) is 5.73 Å². The van der Waals surface area contributed by atoms with Crippen molar-refractivity contribution in [3.63, 3.8) is 0 Å². The van der Waals surface area contributed by atoms with E-state index in [0.29, 0.717) is 17.0 Å². The van der Waals surface area contributed by atoms with Crippen LogP contribution in [0.3, 0.4) is 0 Å². The molecule has 0 unspecified atom stereocenters. The van der Waals surface area contributed by atoms with E-state index < -0.39 is 15.3 Å². The summed E-state index contributed by atoms with van der Waals surface area (Å²) in [5, 5.41) is -0.534. The lowest BCUT2D eigenvalue weighted by molar-refractivity contribution is -0.325. The van der Waals surface area contributed by atoms with Gasteiger partial charge in [0.2, 0.25) is 5.16 Å². The Bertz CT molecular complexity index is 1000. The Kier molecular flexibility index (Phi) is 3.72. The van der Waals surface area contributed by atoms with E-state index in [-0.39, 0.29) is 0 Å². The number of hydrogen-bond acceptors (Lipinski definition) is 5. The van der Waals surface area contributed by atoms with Crippen LogP contribution in [0.25, 0.3) is 22.1 Å². The number of para-hydroxylation sites is 4. The lowest BCUT2D eigenvalue weighted by atomic mass is 10.3. The number of rotatable bonds is 1. The third kappa shape index (κ3) is 3.30. The predicted octanol–water partition coefficient (Wildman–Crippen LogP) is 1.03. The number of aromatic amines is 3. The molecule has 0 amide bonds. The molecule has 5 N–H and O–H groups in total. The van der Waals surface area contributed by atoms with Gasteiger partial charge in [-0.25, -0.2) is 23.4 Å². The van der Waals surface area contributed by atoms with Gasteiger partial charge in [0, 0.05) is 0 Å². The zero-order valence-electron chi connectivity index (χ0n) is 11.8. The van der Waals surface area contributed by atoms with Crippen molar-refractivity contribution in [3.8, 4) is 0 Å². The minimum Gasteiger partial charge on any atom is -0.742 e. The molecule has 0 atom stereocenters. The summed E-state index contributed by atoms with van der Waals surface area (Å²) in [6.45, 7) is 0. The highest BCUT2D eigenvalue weighted by atomic mass is 32.2. The molecular weight excluding hydrogens is 318 g/mol. The number of hydrogen-bond donors (Lipinski definition) is 3. The number of nitrogens with one attached hydrogen (secondary N) is 3. The number of H-pyrrole nitrogens is 3. The molecule has 4 aromatic rings. The normalized spacial score (nSPS) is 11.3. The second-order valence-electron chi connectivity index (χ2n) is 4.72. The summed E-state index contributed by atoms with van der Waals surface area (Å²) in [6, 6.07) is 14.6. The van der Waals surface area contributed by atoms with Gasteiger partial charge in [-0.15, -0.1) is 0 Å². The van der Waals surface area contributed by atoms with Crippen LogP contribution in [-0.2, 0) is 10.1 Å². The predicted molar refractivity (Wildman–Crippen MR) is 83.3 cm³/mol. The van der Waals surface area contributed by atoms with E-state index in [2.05, 4.69) is 19.9 Å². The molecule has 8 nitrogen and oxygen atoms in total. The molecular formula is C14H13N5O3S. The summed E-state index contributed by atoms with van der Waals surface area (Å²) in [6.07, 6.45) is 0. The van der Waals surface area contributed by atoms with Crippen molar-refractivity contribution in [1.29, 1.82) is 0 Å². The molecule has 2 aromatic carbocycles. The summed E-state index contributed by atoms with van der Waals surface area (Å²) < 4.78 is 31.7. The molecule has 2 aromatic heterocycles. The molecule has 23 heavy (non-hydrogen) atoms. The largest absolute Gasteiger partial charge is 0.742 e. The number of imidazole rings is 2. The first-order chi connectivity index (χ1) is 10.9. The second-order valence-corrected chi connectivity index (χ2v) is 6.02. The smallest absolute Gasteiger partial charge is 0.351 e. The molecule has 0 aliphatic carbocycles. The molecule has 0 spiro atoms. The molecule has 2 heterocycles. The van der Waals surface area contributed by atoms with Crippen molar-refractivity contribution in [1.82, 2.24) is 15.0 Å². The fourth-order valence-electron chi connectivity index (χ4n) is 2.07. The zero-order chi connectivity index (χ0) is 16.4. The van der Waals surface area contributed by atoms with Crippen molar-refractivity contribution < 1.29 is 18.0 Å². The van der Waals surface area contributed by atoms with Gasteiger partial charge >= 0.3 is 5.95 Å². The van der Waals surface area contributed by atoms with E-state index in [9.17, 15) is 13.0 Å². The SMILES string of the molecule is Nc1[nH]c2ccccc2[nH+]1.O=S(=O)([O-])c1nc2ccccc2[nH]1. The van der Waals surface area contributed by atoms with Crippen LogP contribution < -0.4 is 10.7 Å². The molecule has 118 valence electrons. The summed E-state index contributed by atoms with van der Waals surface area (Å²) >= 11 is 0. The van der Waals surface area contributed by atoms with E-state index in [1.807, 2.05) is 24.3 Å². The van der Waals surface area contributed by atoms with Crippen molar-refractivity contribution in [2.75, 3.05) is 5.73 Å². The molecule has 0 bridgehead atoms. The van der Waals surface area contributed by atoms with Gasteiger partial charge in [-0.1, -0.05) is 24.3 Å². The van der Waals surface area contributed by atoms with E-state index in [1.54, 1.807) is 24.3 Å². The summed E-state index contributed by atoms with van der Waals surface area (Å²) in [4.78, 5) is 12.0. The number of anilines is 1. The number of nitrogens with zero attached hydrogens (tertiary/aromatic N) is 1. The van der Waals surface area contributed by atoms with Gasteiger partial charge in [0.1, 0.15) is 11.0 Å². The quantitative estimate of drug-likeness (QED) is 0.447. The maximum absolute atomic E-state index is 10.6. The Morgan fingerprint density at radius 2 is 1.65 bits per heavy atom. The summed E-state index contributed by atoms with van der Waals surface area (Å²) in [5.74, 6) is 0.598. The van der Waals surface area contributed by atoms with E-state index in [0.717, 1.165) is 11.0 Å². The minimum absolute atomic E-state index is 0.469. The number of nitrogen functional groups attached to an aromatic ring is 1. The molecule has 0 saturated carbocycles. The first-order valence-corrected chi connectivity index (χ1v) is 8.00. The van der Waals surface area contributed by atoms with Crippen molar-refractivity contribution in [3.05, 3.63) is 48.5 Å². The monoisotopic (exact) mass is 331 g/mol. The second kappa shape index (κ2) is 5.71. The Hall–Kier alpha value is -2.91. The fraction of sp³-hybridized carbons (Fsp3) is 0. The number of benzene rings is 2. The van der Waals surface area contributed by atoms with Crippen LogP contribution in [0.2, 0.25) is 0 Å². The topological polar surface area (TPSA) is 142 Å². The highest BCUT2D eigenvalue weighted by molar-refractivity contribution is 7.85. The molecule has 0 aliphatic heterocycles. The minimum atomic E-state index is -4.48. The van der Waals surface area contributed by atoms with Crippen LogP contribution in [0.15, 0.2) is 53.7 Å². The van der Waals surface area contributed by atoms with Crippen LogP contribution in [0, 0.1) is 0 Å². The van der Waals surface area contributed by atoms with Crippen LogP contribution in [-0.4, -0.2) is 27.9 Å². The molecule has 4 rings (SSSR count). The summed E-state index contributed by atoms with van der Waals surface area (Å²) in [5.41, 5.74) is 8.57. The standard InChI is InChI=1S/C7H7N3.C7H6N2O3S/c8-7-9-5-3-1-2-4-6(5)10-7;10-13(11,12)7-8-5-3-1-2-4-6(5)9-7/h1-4H,(H3,8,9,10);1-4H,(H,8,9)(H,10,11,12). The first-order valence-electron chi connectivity index (χ1n) is 6.59. The average Bonchev–Trinajstić information content (AvgIpc) is 3.09. The fourth-order valence-corrected chi connectivity index (χ4v) is 2.52. The molecule has 0 radical (unpaired) electrons. The van der Waals surface area contributed by atoms with Gasteiger partial charge < -0.3 is 9.54 Å². The van der Waals surface area contributed by atoms with Crippen molar-refractivity contribution in [2.24, 2.45) is 0 Å². The lowest BCUT2D eigenvalue weighted by Crippen LogP contribution is -2.04.